The fourth-order valence-electron chi connectivity index (χ4n) is 2.77. The number of allylic oxidation sites excluding steroid dienone is 1. The largest absolute Gasteiger partial charge is 0.477 e. The Kier molecular flexibility index (Phi) is 9.26. The molecular weight excluding hydrogens is 401 g/mol. The molecule has 0 radical (unpaired) electrons. The summed E-state index contributed by atoms with van der Waals surface area (Å²) in [6, 6.07) is 6.86. The van der Waals surface area contributed by atoms with Crippen LogP contribution in [0.4, 0.5) is 4.39 Å². The predicted octanol–water partition coefficient (Wildman–Crippen LogP) is 2.94. The zero-order chi connectivity index (χ0) is 22.6. The van der Waals surface area contributed by atoms with Crippen LogP contribution in [0.25, 0.3) is 0 Å². The van der Waals surface area contributed by atoms with Crippen molar-refractivity contribution in [3.63, 3.8) is 0 Å². The molecule has 2 aromatic rings. The highest BCUT2D eigenvalue weighted by Crippen LogP contribution is 2.27. The molecule has 31 heavy (non-hydrogen) atoms. The van der Waals surface area contributed by atoms with E-state index < -0.39 is 0 Å². The highest BCUT2D eigenvalue weighted by atomic mass is 19.1. The van der Waals surface area contributed by atoms with Gasteiger partial charge in [-0.1, -0.05) is 12.6 Å². The van der Waals surface area contributed by atoms with E-state index in [4.69, 9.17) is 15.1 Å². The molecule has 8 nitrogen and oxygen atoms in total. The lowest BCUT2D eigenvalue weighted by molar-refractivity contribution is -0.105. The van der Waals surface area contributed by atoms with E-state index in [0.717, 1.165) is 18.3 Å². The molecule has 0 saturated heterocycles. The summed E-state index contributed by atoms with van der Waals surface area (Å²) in [6.45, 7) is 3.72. The number of aliphatic hydroxyl groups excluding tert-OH is 1. The van der Waals surface area contributed by atoms with Crippen LogP contribution in [-0.2, 0) is 11.4 Å². The first-order valence-electron chi connectivity index (χ1n) is 9.60. The van der Waals surface area contributed by atoms with E-state index in [1.807, 2.05) is 24.3 Å². The van der Waals surface area contributed by atoms with Gasteiger partial charge in [-0.25, -0.2) is 14.4 Å². The van der Waals surface area contributed by atoms with Crippen molar-refractivity contribution in [1.29, 1.82) is 5.26 Å². The van der Waals surface area contributed by atoms with Crippen molar-refractivity contribution in [3.05, 3.63) is 65.4 Å². The van der Waals surface area contributed by atoms with Gasteiger partial charge in [-0.15, -0.1) is 0 Å². The third-order valence-electron chi connectivity index (χ3n) is 4.47. The monoisotopic (exact) mass is 425 g/mol. The van der Waals surface area contributed by atoms with Gasteiger partial charge in [0.1, 0.15) is 18.2 Å². The maximum Gasteiger partial charge on any atom is 0.232 e. The van der Waals surface area contributed by atoms with Gasteiger partial charge >= 0.3 is 0 Å². The average Bonchev–Trinajstić information content (AvgIpc) is 3.23. The van der Waals surface area contributed by atoms with Gasteiger partial charge < -0.3 is 9.84 Å². The Morgan fingerprint density at radius 1 is 1.45 bits per heavy atom. The van der Waals surface area contributed by atoms with Crippen molar-refractivity contribution in [2.75, 3.05) is 13.7 Å². The van der Waals surface area contributed by atoms with Crippen molar-refractivity contribution in [2.24, 2.45) is 5.10 Å². The highest BCUT2D eigenvalue weighted by Gasteiger charge is 2.19. The lowest BCUT2D eigenvalue weighted by Gasteiger charge is -2.19. The van der Waals surface area contributed by atoms with Crippen LogP contribution in [0.3, 0.4) is 0 Å². The number of hydrogen-bond acceptors (Lipinski definition) is 8. The van der Waals surface area contributed by atoms with Gasteiger partial charge in [0.2, 0.25) is 5.88 Å². The van der Waals surface area contributed by atoms with Crippen molar-refractivity contribution >= 4 is 12.5 Å². The molecule has 3 rings (SSSR count). The average molecular weight is 425 g/mol. The summed E-state index contributed by atoms with van der Waals surface area (Å²) >= 11 is 0. The summed E-state index contributed by atoms with van der Waals surface area (Å²) < 4.78 is 18.4. The van der Waals surface area contributed by atoms with Gasteiger partial charge in [0.25, 0.3) is 0 Å². The van der Waals surface area contributed by atoms with Gasteiger partial charge in [-0.3, -0.25) is 9.80 Å². The molecule has 0 spiro atoms. The van der Waals surface area contributed by atoms with Gasteiger partial charge in [0, 0.05) is 25.2 Å². The number of carbonyl (C=O) groups is 1. The first-order chi connectivity index (χ1) is 15.0. The number of halogens is 1. The number of aromatic nitrogens is 2. The van der Waals surface area contributed by atoms with Crippen molar-refractivity contribution in [2.45, 2.75) is 31.9 Å². The zero-order valence-corrected chi connectivity index (χ0v) is 17.2. The lowest BCUT2D eigenvalue weighted by Crippen LogP contribution is -2.14. The molecule has 0 bridgehead atoms. The van der Waals surface area contributed by atoms with E-state index in [1.165, 1.54) is 18.5 Å². The maximum atomic E-state index is 13.1. The van der Waals surface area contributed by atoms with E-state index in [-0.39, 0.29) is 24.2 Å². The van der Waals surface area contributed by atoms with Crippen LogP contribution >= 0.6 is 0 Å². The molecule has 1 aliphatic heterocycles. The summed E-state index contributed by atoms with van der Waals surface area (Å²) in [5, 5.41) is 23.4. The molecule has 9 heteroatoms. The van der Waals surface area contributed by atoms with Crippen molar-refractivity contribution < 1.29 is 19.0 Å². The zero-order valence-electron chi connectivity index (χ0n) is 17.2. The molecule has 2 heterocycles. The molecule has 0 saturated carbocycles. The minimum absolute atomic E-state index is 0.163. The molecular formula is C22H24FN5O3. The predicted molar refractivity (Wildman–Crippen MR) is 113 cm³/mol. The maximum absolute atomic E-state index is 13.1. The minimum Gasteiger partial charge on any atom is -0.477 e. The van der Waals surface area contributed by atoms with Gasteiger partial charge in [0.05, 0.1) is 31.6 Å². The van der Waals surface area contributed by atoms with E-state index in [1.54, 1.807) is 12.1 Å². The molecule has 0 amide bonds. The summed E-state index contributed by atoms with van der Waals surface area (Å²) in [6.07, 6.45) is 7.44. The summed E-state index contributed by atoms with van der Waals surface area (Å²) in [4.78, 5) is 17.9. The second kappa shape index (κ2) is 12.1. The van der Waals surface area contributed by atoms with Crippen molar-refractivity contribution in [3.8, 4) is 11.9 Å². The second-order valence-electron chi connectivity index (χ2n) is 6.71. The number of hydrogen-bond donors (Lipinski definition) is 1. The number of nitriles is 1. The molecule has 1 unspecified atom stereocenters. The Bertz CT molecular complexity index is 957. The summed E-state index contributed by atoms with van der Waals surface area (Å²) in [5.74, 6) is 0.0125. The molecule has 1 atom stereocenters. The van der Waals surface area contributed by atoms with Crippen LogP contribution in [0.5, 0.6) is 5.88 Å². The normalized spacial score (nSPS) is 14.4. The van der Waals surface area contributed by atoms with Crippen molar-refractivity contribution in [1.82, 2.24) is 15.0 Å². The number of ether oxygens (including phenoxy) is 1. The molecule has 1 N–H and O–H groups in total. The molecule has 1 aliphatic rings. The molecule has 1 aromatic heterocycles. The van der Waals surface area contributed by atoms with E-state index >= 15 is 0 Å². The number of rotatable bonds is 8. The van der Waals surface area contributed by atoms with Crippen LogP contribution in [-0.4, -0.2) is 46.2 Å². The molecule has 0 fully saturated rings. The SMILES string of the molecule is C=C(C=O)CCCOc1cnc(C#N)cn1.CN1N=CCC1c1ccc(F)c(CO)c1. The first kappa shape index (κ1) is 23.6. The molecule has 1 aromatic carbocycles. The highest BCUT2D eigenvalue weighted by molar-refractivity contribution is 5.71. The van der Waals surface area contributed by atoms with E-state index in [2.05, 4.69) is 21.6 Å². The molecule has 0 aliphatic carbocycles. The Balaban J connectivity index is 0.000000220. The Labute approximate surface area is 180 Å². The summed E-state index contributed by atoms with van der Waals surface area (Å²) in [7, 11) is 1.89. The Hall–Kier alpha value is -3.64. The number of carbonyl (C=O) groups excluding carboxylic acids is 1. The van der Waals surface area contributed by atoms with Crippen LogP contribution in [0, 0.1) is 17.1 Å². The summed E-state index contributed by atoms with van der Waals surface area (Å²) in [5.41, 5.74) is 2.13. The van der Waals surface area contributed by atoms with Gasteiger partial charge in [0.15, 0.2) is 5.69 Å². The number of hydrazone groups is 1. The van der Waals surface area contributed by atoms with Crippen LogP contribution in [0.2, 0.25) is 0 Å². The smallest absolute Gasteiger partial charge is 0.232 e. The van der Waals surface area contributed by atoms with E-state index in [0.29, 0.717) is 36.5 Å². The fourth-order valence-corrected chi connectivity index (χ4v) is 2.77. The van der Waals surface area contributed by atoms with E-state index in [9.17, 15) is 9.18 Å². The lowest BCUT2D eigenvalue weighted by atomic mass is 10.0. The second-order valence-corrected chi connectivity index (χ2v) is 6.71. The minimum atomic E-state index is -0.359. The fraction of sp³-hybridized carbons (Fsp3) is 0.318. The Morgan fingerprint density at radius 3 is 2.84 bits per heavy atom. The van der Waals surface area contributed by atoms with Gasteiger partial charge in [-0.05, 0) is 36.1 Å². The van der Waals surface area contributed by atoms with Crippen LogP contribution in [0.15, 0.2) is 47.8 Å². The number of aldehydes is 1. The van der Waals surface area contributed by atoms with Crippen LogP contribution < -0.4 is 4.74 Å². The van der Waals surface area contributed by atoms with Crippen LogP contribution in [0.1, 0.15) is 42.1 Å². The number of nitrogens with zero attached hydrogens (tertiary/aromatic N) is 5. The third-order valence-corrected chi connectivity index (χ3v) is 4.47. The first-order valence-corrected chi connectivity index (χ1v) is 9.60. The topological polar surface area (TPSA) is 112 Å². The number of benzene rings is 1. The Morgan fingerprint density at radius 2 is 2.26 bits per heavy atom. The number of aliphatic hydroxyl groups is 1. The van der Waals surface area contributed by atoms with Gasteiger partial charge in [-0.2, -0.15) is 10.4 Å². The standard InChI is InChI=1S/C11H13FN2O.C11H11N3O2/c1-14-11(4-5-13-14)8-2-3-10(12)9(6-8)7-15;1-9(8-15)3-2-4-16-11-7-13-10(5-12)6-14-11/h2-3,5-6,11,15H,4,7H2,1H3;6-8H,1-4H2. The quantitative estimate of drug-likeness (QED) is 0.393. The molecule has 162 valence electrons. The third kappa shape index (κ3) is 7.28.